The van der Waals surface area contributed by atoms with Crippen LogP contribution in [0, 0.1) is 0 Å². The van der Waals surface area contributed by atoms with Gasteiger partial charge < -0.3 is 5.11 Å². The molecule has 0 heterocycles. The summed E-state index contributed by atoms with van der Waals surface area (Å²) in [5.74, 6) is 0. The van der Waals surface area contributed by atoms with Crippen LogP contribution in [0.4, 0.5) is 0 Å². The van der Waals surface area contributed by atoms with Crippen LogP contribution in [-0.4, -0.2) is 13.6 Å². The van der Waals surface area contributed by atoms with E-state index in [4.69, 9.17) is 5.11 Å². The van der Waals surface area contributed by atoms with Crippen LogP contribution in [0.3, 0.4) is 0 Å². The first-order chi connectivity index (χ1) is 5.66. The lowest BCUT2D eigenvalue weighted by Crippen LogP contribution is -1.86. The lowest BCUT2D eigenvalue weighted by molar-refractivity contribution is 0.331. The summed E-state index contributed by atoms with van der Waals surface area (Å²) in [6, 6.07) is 0. The van der Waals surface area contributed by atoms with Gasteiger partial charge in [0.05, 0.1) is 8.54 Å². The molecular weight excluding hydrogens is 378 g/mol. The van der Waals surface area contributed by atoms with Gasteiger partial charge in [-0.3, -0.25) is 0 Å². The van der Waals surface area contributed by atoms with E-state index in [1.807, 2.05) is 6.92 Å². The molecule has 0 aliphatic carbocycles. The molecule has 12 heavy (non-hydrogen) atoms. The van der Waals surface area contributed by atoms with Gasteiger partial charge in [-0.25, -0.2) is 0 Å². The fourth-order valence-corrected chi connectivity index (χ4v) is 1.74. The number of allylic oxidation sites excluding steroid dienone is 1. The standard InChI is InChI=1S/C9H16I2O/c1-8(7-12)5-3-2-4-6-9(10)11/h5,9,12H,2-4,6-7H2,1H3/b8-5+. The van der Waals surface area contributed by atoms with Gasteiger partial charge in [-0.15, -0.1) is 0 Å². The minimum Gasteiger partial charge on any atom is -0.392 e. The number of alkyl halides is 2. The molecule has 0 saturated heterocycles. The molecule has 0 fully saturated rings. The van der Waals surface area contributed by atoms with E-state index in [0.717, 1.165) is 13.9 Å². The molecular formula is C9H16I2O. The zero-order chi connectivity index (χ0) is 9.40. The zero-order valence-corrected chi connectivity index (χ0v) is 11.7. The number of hydrogen-bond donors (Lipinski definition) is 1. The van der Waals surface area contributed by atoms with Crippen LogP contribution in [0.1, 0.15) is 32.6 Å². The fourth-order valence-electron chi connectivity index (χ4n) is 0.856. The van der Waals surface area contributed by atoms with E-state index in [1.54, 1.807) is 0 Å². The number of aliphatic hydroxyl groups excluding tert-OH is 1. The minimum atomic E-state index is 0.210. The van der Waals surface area contributed by atoms with Gasteiger partial charge in [-0.1, -0.05) is 63.3 Å². The Kier molecular flexibility index (Phi) is 9.59. The first kappa shape index (κ1) is 13.2. The van der Waals surface area contributed by atoms with Gasteiger partial charge in [0.15, 0.2) is 0 Å². The van der Waals surface area contributed by atoms with Crippen LogP contribution in [-0.2, 0) is 0 Å². The Morgan fingerprint density at radius 3 is 2.58 bits per heavy atom. The Balaban J connectivity index is 3.21. The summed E-state index contributed by atoms with van der Waals surface area (Å²) in [6.07, 6.45) is 7.10. The predicted molar refractivity (Wildman–Crippen MR) is 71.1 cm³/mol. The Morgan fingerprint density at radius 1 is 1.42 bits per heavy atom. The smallest absolute Gasteiger partial charge is 0.0639 e. The van der Waals surface area contributed by atoms with Gasteiger partial charge in [-0.05, 0) is 26.2 Å². The molecule has 0 aromatic heterocycles. The van der Waals surface area contributed by atoms with Crippen molar-refractivity contribution in [2.75, 3.05) is 6.61 Å². The predicted octanol–water partition coefficient (Wildman–Crippen LogP) is 3.68. The number of rotatable bonds is 6. The van der Waals surface area contributed by atoms with Crippen molar-refractivity contribution in [3.63, 3.8) is 0 Å². The summed E-state index contributed by atoms with van der Waals surface area (Å²) >= 11 is 4.89. The van der Waals surface area contributed by atoms with Crippen molar-refractivity contribution < 1.29 is 5.11 Å². The SMILES string of the molecule is C/C(=C\CCCCC(I)I)CO. The average molecular weight is 394 g/mol. The maximum atomic E-state index is 8.71. The molecule has 0 spiro atoms. The Labute approximate surface area is 102 Å². The normalized spacial score (nSPS) is 12.6. The average Bonchev–Trinajstić information content (AvgIpc) is 2.03. The molecule has 0 bridgehead atoms. The highest BCUT2D eigenvalue weighted by atomic mass is 127. The topological polar surface area (TPSA) is 20.2 Å². The molecule has 0 aliphatic rings. The van der Waals surface area contributed by atoms with E-state index >= 15 is 0 Å². The highest BCUT2D eigenvalue weighted by Gasteiger charge is 1.95. The molecule has 0 aromatic carbocycles. The summed E-state index contributed by atoms with van der Waals surface area (Å²) in [7, 11) is 0. The molecule has 0 aliphatic heterocycles. The van der Waals surface area contributed by atoms with E-state index in [9.17, 15) is 0 Å². The molecule has 0 atom stereocenters. The molecule has 0 amide bonds. The van der Waals surface area contributed by atoms with Gasteiger partial charge >= 0.3 is 0 Å². The van der Waals surface area contributed by atoms with Crippen molar-refractivity contribution in [2.24, 2.45) is 0 Å². The highest BCUT2D eigenvalue weighted by Crippen LogP contribution is 2.17. The molecule has 0 saturated carbocycles. The second-order valence-electron chi connectivity index (χ2n) is 2.88. The Hall–Kier alpha value is 1.16. The van der Waals surface area contributed by atoms with E-state index < -0.39 is 0 Å². The molecule has 72 valence electrons. The molecule has 0 rings (SSSR count). The second kappa shape index (κ2) is 8.74. The largest absolute Gasteiger partial charge is 0.392 e. The van der Waals surface area contributed by atoms with Gasteiger partial charge in [0.1, 0.15) is 0 Å². The third-order valence-electron chi connectivity index (χ3n) is 1.62. The third-order valence-corrected chi connectivity index (χ3v) is 2.86. The fraction of sp³-hybridized carbons (Fsp3) is 0.778. The number of halogens is 2. The number of unbranched alkanes of at least 4 members (excludes halogenated alkanes) is 2. The molecule has 1 N–H and O–H groups in total. The molecule has 3 heteroatoms. The van der Waals surface area contributed by atoms with E-state index in [-0.39, 0.29) is 6.61 Å². The summed E-state index contributed by atoms with van der Waals surface area (Å²) in [6.45, 7) is 2.18. The third kappa shape index (κ3) is 9.25. The maximum absolute atomic E-state index is 8.71. The lowest BCUT2D eigenvalue weighted by Gasteiger charge is -2.00. The quantitative estimate of drug-likeness (QED) is 0.316. The minimum absolute atomic E-state index is 0.210. The summed E-state index contributed by atoms with van der Waals surface area (Å²) in [4.78, 5) is 0. The van der Waals surface area contributed by atoms with Crippen molar-refractivity contribution >= 4 is 45.2 Å². The molecule has 1 nitrogen and oxygen atoms in total. The Morgan fingerprint density at radius 2 is 2.08 bits per heavy atom. The summed E-state index contributed by atoms with van der Waals surface area (Å²) in [5, 5.41) is 8.71. The van der Waals surface area contributed by atoms with E-state index in [1.165, 1.54) is 19.3 Å². The molecule has 0 unspecified atom stereocenters. The van der Waals surface area contributed by atoms with Crippen molar-refractivity contribution in [3.8, 4) is 0 Å². The van der Waals surface area contributed by atoms with Gasteiger partial charge in [0.25, 0.3) is 0 Å². The second-order valence-corrected chi connectivity index (χ2v) is 8.27. The number of hydrogen-bond acceptors (Lipinski definition) is 1. The Bertz CT molecular complexity index is 132. The van der Waals surface area contributed by atoms with Gasteiger partial charge in [-0.2, -0.15) is 0 Å². The first-order valence-corrected chi connectivity index (χ1v) is 6.70. The van der Waals surface area contributed by atoms with Crippen LogP contribution >= 0.6 is 45.2 Å². The van der Waals surface area contributed by atoms with Crippen molar-refractivity contribution in [1.82, 2.24) is 0 Å². The van der Waals surface area contributed by atoms with Crippen LogP contribution in [0.15, 0.2) is 11.6 Å². The van der Waals surface area contributed by atoms with E-state index in [2.05, 4.69) is 51.3 Å². The van der Waals surface area contributed by atoms with Crippen LogP contribution in [0.25, 0.3) is 0 Å². The highest BCUT2D eigenvalue weighted by molar-refractivity contribution is 14.2. The van der Waals surface area contributed by atoms with E-state index in [0.29, 0.717) is 0 Å². The lowest BCUT2D eigenvalue weighted by atomic mass is 10.1. The zero-order valence-electron chi connectivity index (χ0n) is 7.39. The molecule has 0 aromatic rings. The number of aliphatic hydroxyl groups is 1. The van der Waals surface area contributed by atoms with Gasteiger partial charge in [0.2, 0.25) is 0 Å². The first-order valence-electron chi connectivity index (χ1n) is 4.21. The van der Waals surface area contributed by atoms with Crippen LogP contribution < -0.4 is 0 Å². The van der Waals surface area contributed by atoms with Crippen molar-refractivity contribution in [1.29, 1.82) is 0 Å². The van der Waals surface area contributed by atoms with Gasteiger partial charge in [0, 0.05) is 0 Å². The maximum Gasteiger partial charge on any atom is 0.0639 e. The molecule has 0 radical (unpaired) electrons. The van der Waals surface area contributed by atoms with Crippen LogP contribution in [0.5, 0.6) is 0 Å². The van der Waals surface area contributed by atoms with Crippen molar-refractivity contribution in [3.05, 3.63) is 11.6 Å². The van der Waals surface area contributed by atoms with Crippen LogP contribution in [0.2, 0.25) is 0 Å². The summed E-state index contributed by atoms with van der Waals surface area (Å²) < 4.78 is 0.767. The summed E-state index contributed by atoms with van der Waals surface area (Å²) in [5.41, 5.74) is 1.09. The monoisotopic (exact) mass is 394 g/mol. The van der Waals surface area contributed by atoms with Crippen molar-refractivity contribution in [2.45, 2.75) is 34.5 Å².